The molecule has 0 bridgehead atoms. The standard InChI is InChI=1S/C23H29NO5/c1-4-27-22(23(25)26-3)16-19-11-13-21(14-12-19)28-17-20(24-29-5-2)15-18-9-7-6-8-10-18/h6-14,22H,4-5,15-17H2,1-3H3/b24-20+. The van der Waals surface area contributed by atoms with Crippen molar-refractivity contribution in [2.24, 2.45) is 5.16 Å². The van der Waals surface area contributed by atoms with Crippen LogP contribution in [-0.2, 0) is 31.9 Å². The van der Waals surface area contributed by atoms with Crippen LogP contribution in [0.15, 0.2) is 59.8 Å². The highest BCUT2D eigenvalue weighted by molar-refractivity contribution is 5.87. The molecule has 1 atom stereocenters. The van der Waals surface area contributed by atoms with Gasteiger partial charge in [-0.2, -0.15) is 0 Å². The Morgan fingerprint density at radius 2 is 1.69 bits per heavy atom. The molecule has 0 aliphatic heterocycles. The number of carbonyl (C=O) groups is 1. The summed E-state index contributed by atoms with van der Waals surface area (Å²) >= 11 is 0. The highest BCUT2D eigenvalue weighted by atomic mass is 16.6. The van der Waals surface area contributed by atoms with Crippen LogP contribution in [0.4, 0.5) is 0 Å². The zero-order valence-corrected chi connectivity index (χ0v) is 17.3. The summed E-state index contributed by atoms with van der Waals surface area (Å²) in [5.41, 5.74) is 2.92. The van der Waals surface area contributed by atoms with Crippen molar-refractivity contribution in [3.8, 4) is 5.75 Å². The molecule has 2 aromatic carbocycles. The minimum Gasteiger partial charge on any atom is -0.488 e. The molecular formula is C23H29NO5. The Bertz CT molecular complexity index is 759. The second-order valence-electron chi connectivity index (χ2n) is 6.34. The first-order valence-corrected chi connectivity index (χ1v) is 9.79. The number of carbonyl (C=O) groups excluding carboxylic acids is 1. The van der Waals surface area contributed by atoms with Crippen molar-refractivity contribution in [1.82, 2.24) is 0 Å². The van der Waals surface area contributed by atoms with Gasteiger partial charge >= 0.3 is 5.97 Å². The molecule has 2 aromatic rings. The average Bonchev–Trinajstić information content (AvgIpc) is 2.76. The molecule has 0 saturated heterocycles. The summed E-state index contributed by atoms with van der Waals surface area (Å²) in [6.45, 7) is 5.03. The molecule has 0 radical (unpaired) electrons. The minimum atomic E-state index is -0.604. The van der Waals surface area contributed by atoms with Crippen LogP contribution in [0.5, 0.6) is 5.75 Å². The molecule has 0 heterocycles. The Morgan fingerprint density at radius 3 is 2.31 bits per heavy atom. The predicted octanol–water partition coefficient (Wildman–Crippen LogP) is 3.82. The summed E-state index contributed by atoms with van der Waals surface area (Å²) in [5, 5.41) is 4.18. The number of oxime groups is 1. The van der Waals surface area contributed by atoms with Gasteiger partial charge in [-0.15, -0.1) is 0 Å². The molecule has 0 aliphatic carbocycles. The van der Waals surface area contributed by atoms with Crippen molar-refractivity contribution in [2.75, 3.05) is 26.9 Å². The zero-order valence-electron chi connectivity index (χ0n) is 17.3. The van der Waals surface area contributed by atoms with Crippen LogP contribution in [0, 0.1) is 0 Å². The molecule has 6 heteroatoms. The van der Waals surface area contributed by atoms with Crippen molar-refractivity contribution in [3.05, 3.63) is 65.7 Å². The first kappa shape index (κ1) is 22.4. The van der Waals surface area contributed by atoms with E-state index >= 15 is 0 Å². The molecule has 1 unspecified atom stereocenters. The number of esters is 1. The Balaban J connectivity index is 1.95. The van der Waals surface area contributed by atoms with Crippen molar-refractivity contribution >= 4 is 11.7 Å². The highest BCUT2D eigenvalue weighted by Crippen LogP contribution is 2.15. The van der Waals surface area contributed by atoms with E-state index in [1.807, 2.05) is 68.4 Å². The number of hydrogen-bond donors (Lipinski definition) is 0. The van der Waals surface area contributed by atoms with Gasteiger partial charge in [-0.25, -0.2) is 4.79 Å². The number of methoxy groups -OCH3 is 1. The van der Waals surface area contributed by atoms with Gasteiger partial charge in [0, 0.05) is 19.4 Å². The third-order valence-corrected chi connectivity index (χ3v) is 4.16. The van der Waals surface area contributed by atoms with Crippen molar-refractivity contribution in [1.29, 1.82) is 0 Å². The van der Waals surface area contributed by atoms with E-state index in [1.54, 1.807) is 0 Å². The summed E-state index contributed by atoms with van der Waals surface area (Å²) < 4.78 is 16.1. The van der Waals surface area contributed by atoms with Gasteiger partial charge in [-0.05, 0) is 37.1 Å². The molecule has 0 spiro atoms. The van der Waals surface area contributed by atoms with E-state index in [-0.39, 0.29) is 5.97 Å². The van der Waals surface area contributed by atoms with Crippen molar-refractivity contribution in [3.63, 3.8) is 0 Å². The van der Waals surface area contributed by atoms with E-state index in [1.165, 1.54) is 7.11 Å². The third-order valence-electron chi connectivity index (χ3n) is 4.16. The summed E-state index contributed by atoms with van der Waals surface area (Å²) in [4.78, 5) is 17.0. The van der Waals surface area contributed by atoms with Gasteiger partial charge in [0.05, 0.1) is 12.8 Å². The summed E-state index contributed by atoms with van der Waals surface area (Å²) in [6, 6.07) is 17.7. The second kappa shape index (κ2) is 12.6. The first-order valence-electron chi connectivity index (χ1n) is 9.79. The maximum atomic E-state index is 11.8. The van der Waals surface area contributed by atoms with Crippen molar-refractivity contribution in [2.45, 2.75) is 32.8 Å². The Kier molecular flexibility index (Phi) is 9.72. The lowest BCUT2D eigenvalue weighted by molar-refractivity contribution is -0.153. The van der Waals surface area contributed by atoms with E-state index in [2.05, 4.69) is 5.16 Å². The van der Waals surface area contributed by atoms with Crippen LogP contribution >= 0.6 is 0 Å². The Labute approximate surface area is 172 Å². The molecule has 2 rings (SSSR count). The number of rotatable bonds is 12. The van der Waals surface area contributed by atoms with Gasteiger partial charge in [0.25, 0.3) is 0 Å². The van der Waals surface area contributed by atoms with Crippen molar-refractivity contribution < 1.29 is 23.8 Å². The molecule has 29 heavy (non-hydrogen) atoms. The van der Waals surface area contributed by atoms with Crippen LogP contribution in [0.2, 0.25) is 0 Å². The fraction of sp³-hybridized carbons (Fsp3) is 0.391. The third kappa shape index (κ3) is 7.95. The lowest BCUT2D eigenvalue weighted by Gasteiger charge is -2.15. The first-order chi connectivity index (χ1) is 14.2. The SMILES string of the molecule is CCO/N=C(/COc1ccc(CC(OCC)C(=O)OC)cc1)Cc1ccccc1. The van der Waals surface area contributed by atoms with E-state index in [0.717, 1.165) is 22.6 Å². The summed E-state index contributed by atoms with van der Waals surface area (Å²) in [6.07, 6.45) is 0.507. The molecule has 156 valence electrons. The second-order valence-corrected chi connectivity index (χ2v) is 6.34. The van der Waals surface area contributed by atoms with E-state index in [4.69, 9.17) is 19.0 Å². The predicted molar refractivity (Wildman–Crippen MR) is 112 cm³/mol. The zero-order chi connectivity index (χ0) is 20.9. The monoisotopic (exact) mass is 399 g/mol. The molecule has 0 amide bonds. The quantitative estimate of drug-likeness (QED) is 0.308. The minimum absolute atomic E-state index is 0.331. The summed E-state index contributed by atoms with van der Waals surface area (Å²) in [7, 11) is 1.36. The maximum Gasteiger partial charge on any atom is 0.335 e. The van der Waals surface area contributed by atoms with Crippen LogP contribution in [0.3, 0.4) is 0 Å². The number of benzene rings is 2. The highest BCUT2D eigenvalue weighted by Gasteiger charge is 2.19. The Morgan fingerprint density at radius 1 is 0.966 bits per heavy atom. The fourth-order valence-corrected chi connectivity index (χ4v) is 2.74. The molecule has 0 saturated carbocycles. The molecular weight excluding hydrogens is 370 g/mol. The van der Waals surface area contributed by atoms with Crippen LogP contribution in [0.25, 0.3) is 0 Å². The lowest BCUT2D eigenvalue weighted by atomic mass is 10.1. The molecule has 0 aromatic heterocycles. The van der Waals surface area contributed by atoms with Crippen LogP contribution < -0.4 is 4.74 Å². The lowest BCUT2D eigenvalue weighted by Crippen LogP contribution is -2.28. The van der Waals surface area contributed by atoms with Gasteiger partial charge in [0.2, 0.25) is 0 Å². The van der Waals surface area contributed by atoms with Gasteiger partial charge in [-0.1, -0.05) is 47.6 Å². The van der Waals surface area contributed by atoms with Gasteiger partial charge < -0.3 is 19.0 Å². The largest absolute Gasteiger partial charge is 0.488 e. The fourth-order valence-electron chi connectivity index (χ4n) is 2.74. The maximum absolute atomic E-state index is 11.8. The van der Waals surface area contributed by atoms with Gasteiger partial charge in [0.1, 0.15) is 19.0 Å². The molecule has 0 fully saturated rings. The topological polar surface area (TPSA) is 66.3 Å². The Hall–Kier alpha value is -2.86. The van der Waals surface area contributed by atoms with Gasteiger partial charge in [-0.3, -0.25) is 0 Å². The van der Waals surface area contributed by atoms with E-state index in [9.17, 15) is 4.79 Å². The normalized spacial score (nSPS) is 12.3. The smallest absolute Gasteiger partial charge is 0.335 e. The number of nitrogens with zero attached hydrogens (tertiary/aromatic N) is 1. The average molecular weight is 399 g/mol. The number of hydrogen-bond acceptors (Lipinski definition) is 6. The molecule has 6 nitrogen and oxygen atoms in total. The van der Waals surface area contributed by atoms with Crippen LogP contribution in [-0.4, -0.2) is 44.7 Å². The summed E-state index contributed by atoms with van der Waals surface area (Å²) in [5.74, 6) is 0.349. The number of ether oxygens (including phenoxy) is 3. The van der Waals surface area contributed by atoms with E-state index < -0.39 is 6.10 Å². The molecule has 0 N–H and O–H groups in total. The molecule has 0 aliphatic rings. The van der Waals surface area contributed by atoms with Gasteiger partial charge in [0.15, 0.2) is 6.10 Å². The van der Waals surface area contributed by atoms with E-state index in [0.29, 0.717) is 32.7 Å². The van der Waals surface area contributed by atoms with Crippen LogP contribution in [0.1, 0.15) is 25.0 Å².